The second-order valence-electron chi connectivity index (χ2n) is 1.77. The summed E-state index contributed by atoms with van der Waals surface area (Å²) in [6, 6.07) is 0. The Kier molecular flexibility index (Phi) is 7.95. The van der Waals surface area contributed by atoms with Crippen LogP contribution in [0.5, 0.6) is 0 Å². The molecule has 1 aliphatic heterocycles. The Morgan fingerprint density at radius 3 is 2.30 bits per heavy atom. The van der Waals surface area contributed by atoms with E-state index in [4.69, 9.17) is 4.74 Å². The van der Waals surface area contributed by atoms with Crippen LogP contribution in [-0.4, -0.2) is 32.6 Å². The molecule has 0 bridgehead atoms. The molecule has 0 fully saturated rings. The zero-order valence-corrected chi connectivity index (χ0v) is 6.76. The van der Waals surface area contributed by atoms with Crippen LogP contribution in [0.4, 0.5) is 0 Å². The second-order valence-corrected chi connectivity index (χ2v) is 1.77. The van der Waals surface area contributed by atoms with Crippen molar-refractivity contribution < 1.29 is 4.74 Å². The monoisotopic (exact) mass is 144 g/mol. The van der Waals surface area contributed by atoms with Crippen LogP contribution in [0.15, 0.2) is 4.99 Å². The molecule has 0 atom stereocenters. The van der Waals surface area contributed by atoms with Crippen molar-refractivity contribution in [1.29, 1.82) is 0 Å². The molecule has 0 aromatic carbocycles. The van der Waals surface area contributed by atoms with E-state index in [9.17, 15) is 0 Å². The summed E-state index contributed by atoms with van der Waals surface area (Å²) in [5.41, 5.74) is 0. The van der Waals surface area contributed by atoms with Gasteiger partial charge in [-0.25, -0.2) is 0 Å². The van der Waals surface area contributed by atoms with Crippen molar-refractivity contribution in [3.05, 3.63) is 0 Å². The third-order valence-electron chi connectivity index (χ3n) is 0.976. The zero-order chi connectivity index (χ0) is 7.66. The van der Waals surface area contributed by atoms with Gasteiger partial charge in [0, 0.05) is 19.8 Å². The largest absolute Gasteiger partial charge is 0.382 e. The number of hydrogen-bond donors (Lipinski definition) is 1. The van der Waals surface area contributed by atoms with Gasteiger partial charge in [-0.3, -0.25) is 4.99 Å². The molecule has 0 unspecified atom stereocenters. The summed E-state index contributed by atoms with van der Waals surface area (Å²) in [4.78, 5) is 3.85. The maximum Gasteiger partial charge on any atom is 0.0825 e. The Balaban J connectivity index is 0.000000162. The topological polar surface area (TPSA) is 33.6 Å². The van der Waals surface area contributed by atoms with Crippen LogP contribution in [-0.2, 0) is 4.74 Å². The summed E-state index contributed by atoms with van der Waals surface area (Å²) < 4.78 is 4.83. The van der Waals surface area contributed by atoms with Gasteiger partial charge in [-0.15, -0.1) is 0 Å². The van der Waals surface area contributed by atoms with Crippen molar-refractivity contribution in [3.8, 4) is 0 Å². The Morgan fingerprint density at radius 2 is 2.20 bits per heavy atom. The predicted octanol–water partition coefficient (Wildman–Crippen LogP) is 0.661. The maximum atomic E-state index is 4.83. The first-order chi connectivity index (χ1) is 4.91. The number of nitrogens with zero attached hydrogens (tertiary/aromatic N) is 1. The highest BCUT2D eigenvalue weighted by Gasteiger charge is 1.82. The maximum absolute atomic E-state index is 4.83. The van der Waals surface area contributed by atoms with Gasteiger partial charge in [0.1, 0.15) is 0 Å². The molecule has 0 saturated heterocycles. The molecule has 0 saturated carbocycles. The molecule has 0 amide bonds. The van der Waals surface area contributed by atoms with Crippen molar-refractivity contribution >= 4 is 6.34 Å². The van der Waals surface area contributed by atoms with Crippen molar-refractivity contribution in [2.75, 3.05) is 26.3 Å². The quantitative estimate of drug-likeness (QED) is 0.617. The molecule has 3 heteroatoms. The fourth-order valence-corrected chi connectivity index (χ4v) is 0.527. The lowest BCUT2D eigenvalue weighted by atomic mass is 10.7. The number of aliphatic imine (C=N–C) groups is 1. The third kappa shape index (κ3) is 7.43. The molecule has 0 aromatic rings. The SMILES string of the molecule is C1=NCCN1.CCOCC. The lowest BCUT2D eigenvalue weighted by Gasteiger charge is -1.86. The molecule has 1 N–H and O–H groups in total. The van der Waals surface area contributed by atoms with Gasteiger partial charge in [-0.1, -0.05) is 0 Å². The summed E-state index contributed by atoms with van der Waals surface area (Å²) in [7, 11) is 0. The molecular weight excluding hydrogens is 128 g/mol. The molecule has 1 rings (SSSR count). The average molecular weight is 144 g/mol. The number of hydrogen-bond acceptors (Lipinski definition) is 3. The molecule has 3 nitrogen and oxygen atoms in total. The van der Waals surface area contributed by atoms with Gasteiger partial charge in [0.2, 0.25) is 0 Å². The van der Waals surface area contributed by atoms with Crippen LogP contribution in [0.1, 0.15) is 13.8 Å². The van der Waals surface area contributed by atoms with E-state index >= 15 is 0 Å². The normalized spacial score (nSPS) is 13.8. The predicted molar refractivity (Wildman–Crippen MR) is 43.5 cm³/mol. The summed E-state index contributed by atoms with van der Waals surface area (Å²) in [5.74, 6) is 0. The van der Waals surface area contributed by atoms with Gasteiger partial charge in [-0.2, -0.15) is 0 Å². The molecule has 0 spiro atoms. The van der Waals surface area contributed by atoms with E-state index < -0.39 is 0 Å². The highest BCUT2D eigenvalue weighted by Crippen LogP contribution is 1.68. The average Bonchev–Trinajstić information content (AvgIpc) is 2.44. The highest BCUT2D eigenvalue weighted by atomic mass is 16.5. The van der Waals surface area contributed by atoms with Crippen LogP contribution in [0, 0.1) is 0 Å². The zero-order valence-electron chi connectivity index (χ0n) is 6.76. The number of rotatable bonds is 2. The van der Waals surface area contributed by atoms with E-state index in [1.807, 2.05) is 13.8 Å². The molecule has 0 radical (unpaired) electrons. The van der Waals surface area contributed by atoms with Gasteiger partial charge >= 0.3 is 0 Å². The van der Waals surface area contributed by atoms with Gasteiger partial charge in [0.25, 0.3) is 0 Å². The lowest BCUT2D eigenvalue weighted by Crippen LogP contribution is -2.04. The van der Waals surface area contributed by atoms with Crippen LogP contribution >= 0.6 is 0 Å². The molecule has 1 heterocycles. The second kappa shape index (κ2) is 8.43. The van der Waals surface area contributed by atoms with Crippen molar-refractivity contribution in [3.63, 3.8) is 0 Å². The Labute approximate surface area is 62.5 Å². The highest BCUT2D eigenvalue weighted by molar-refractivity contribution is 5.56. The number of nitrogens with one attached hydrogen (secondary N) is 1. The van der Waals surface area contributed by atoms with E-state index in [1.165, 1.54) is 0 Å². The lowest BCUT2D eigenvalue weighted by molar-refractivity contribution is 0.162. The van der Waals surface area contributed by atoms with Crippen molar-refractivity contribution in [1.82, 2.24) is 5.32 Å². The van der Waals surface area contributed by atoms with Gasteiger partial charge in [0.05, 0.1) is 12.9 Å². The molecule has 0 aliphatic carbocycles. The summed E-state index contributed by atoms with van der Waals surface area (Å²) in [6.07, 6.45) is 1.74. The standard InChI is InChI=1S/C4H10O.C3H6N2/c1-3-5-4-2;1-2-5-3-4-1/h3-4H2,1-2H3;3H,1-2H2,(H,4,5). The molecule has 0 aromatic heterocycles. The fourth-order valence-electron chi connectivity index (χ4n) is 0.527. The van der Waals surface area contributed by atoms with Crippen LogP contribution in [0.3, 0.4) is 0 Å². The van der Waals surface area contributed by atoms with E-state index in [0.29, 0.717) is 0 Å². The summed E-state index contributed by atoms with van der Waals surface area (Å²) in [5, 5.41) is 2.93. The van der Waals surface area contributed by atoms with Gasteiger partial charge < -0.3 is 10.1 Å². The first kappa shape index (κ1) is 9.43. The minimum Gasteiger partial charge on any atom is -0.382 e. The van der Waals surface area contributed by atoms with Crippen LogP contribution < -0.4 is 5.32 Å². The van der Waals surface area contributed by atoms with E-state index in [0.717, 1.165) is 26.3 Å². The van der Waals surface area contributed by atoms with Gasteiger partial charge in [-0.05, 0) is 13.8 Å². The molecule has 10 heavy (non-hydrogen) atoms. The molecule has 60 valence electrons. The van der Waals surface area contributed by atoms with Crippen LogP contribution in [0.2, 0.25) is 0 Å². The third-order valence-corrected chi connectivity index (χ3v) is 0.976. The molecule has 1 aliphatic rings. The summed E-state index contributed by atoms with van der Waals surface area (Å²) in [6.45, 7) is 7.65. The Hall–Kier alpha value is -0.570. The van der Waals surface area contributed by atoms with Crippen LogP contribution in [0.25, 0.3) is 0 Å². The van der Waals surface area contributed by atoms with Crippen molar-refractivity contribution in [2.45, 2.75) is 13.8 Å². The summed E-state index contributed by atoms with van der Waals surface area (Å²) >= 11 is 0. The number of ether oxygens (including phenoxy) is 1. The first-order valence-electron chi connectivity index (χ1n) is 3.71. The fraction of sp³-hybridized carbons (Fsp3) is 0.857. The Morgan fingerprint density at radius 1 is 1.50 bits per heavy atom. The van der Waals surface area contributed by atoms with E-state index in [1.54, 1.807) is 6.34 Å². The first-order valence-corrected chi connectivity index (χ1v) is 3.71. The van der Waals surface area contributed by atoms with E-state index in [2.05, 4.69) is 10.3 Å². The molecular formula is C7H16N2O. The smallest absolute Gasteiger partial charge is 0.0825 e. The minimum absolute atomic E-state index is 0.844. The Bertz CT molecular complexity index is 75.7. The van der Waals surface area contributed by atoms with Gasteiger partial charge in [0.15, 0.2) is 0 Å². The minimum atomic E-state index is 0.844. The van der Waals surface area contributed by atoms with Crippen molar-refractivity contribution in [2.24, 2.45) is 4.99 Å². The van der Waals surface area contributed by atoms with E-state index in [-0.39, 0.29) is 0 Å².